The second-order valence-corrected chi connectivity index (χ2v) is 10.7. The molecule has 10 nitrogen and oxygen atoms in total. The van der Waals surface area contributed by atoms with Crippen LogP contribution in [0, 0.1) is 11.7 Å². The van der Waals surface area contributed by atoms with E-state index in [0.29, 0.717) is 18.4 Å². The lowest BCUT2D eigenvalue weighted by Gasteiger charge is -2.26. The molecule has 4 N–H and O–H groups in total. The fourth-order valence-electron chi connectivity index (χ4n) is 5.49. The van der Waals surface area contributed by atoms with Crippen LogP contribution in [0.5, 0.6) is 0 Å². The molecule has 1 aromatic carbocycles. The Bertz CT molecular complexity index is 1760. The van der Waals surface area contributed by atoms with Gasteiger partial charge in [0.05, 0.1) is 11.3 Å². The number of anilines is 2. The van der Waals surface area contributed by atoms with Crippen molar-refractivity contribution in [2.75, 3.05) is 11.1 Å². The number of imidazole rings is 1. The number of hydrogen-bond donors (Lipinski definition) is 3. The van der Waals surface area contributed by atoms with Gasteiger partial charge in [-0.05, 0) is 49.3 Å². The summed E-state index contributed by atoms with van der Waals surface area (Å²) in [5, 5.41) is 5.61. The van der Waals surface area contributed by atoms with Crippen molar-refractivity contribution in [1.29, 1.82) is 0 Å². The number of alkyl halides is 3. The Labute approximate surface area is 229 Å². The van der Waals surface area contributed by atoms with E-state index in [0.717, 1.165) is 23.4 Å². The zero-order chi connectivity index (χ0) is 28.7. The first-order chi connectivity index (χ1) is 19.5. The highest BCUT2D eigenvalue weighted by molar-refractivity contribution is 6.22. The molecule has 4 heterocycles. The van der Waals surface area contributed by atoms with Gasteiger partial charge < -0.3 is 20.8 Å². The zero-order valence-electron chi connectivity index (χ0n) is 21.3. The van der Waals surface area contributed by atoms with Crippen molar-refractivity contribution in [3.8, 4) is 11.5 Å². The minimum atomic E-state index is -4.71. The van der Waals surface area contributed by atoms with Crippen LogP contribution in [0.4, 0.5) is 29.2 Å². The van der Waals surface area contributed by atoms with E-state index in [9.17, 15) is 27.2 Å². The standard InChI is InChI=1S/C27H22F4N8O2/c28-14-3-1-2-12(8-14)9-16-23-35-18(27(29,30)31)11-39(23)10-17(34-16)21-36-20(32)19-22(37-21)38-25(41)26(19,13-4-5-13)24(40)33-15-6-7-15/h1-3,8,10-11,13,15H,4-7,9H2,(H,33,40)(H3,32,36,37,38,41). The largest absolute Gasteiger partial charge is 0.434 e. The number of aromatic nitrogens is 5. The summed E-state index contributed by atoms with van der Waals surface area (Å²) in [5.41, 5.74) is 4.47. The van der Waals surface area contributed by atoms with Crippen LogP contribution in [0.2, 0.25) is 0 Å². The number of nitrogens with two attached hydrogens (primary N) is 1. The summed E-state index contributed by atoms with van der Waals surface area (Å²) in [5.74, 6) is -1.84. The van der Waals surface area contributed by atoms with Crippen LogP contribution in [-0.2, 0) is 27.6 Å². The summed E-state index contributed by atoms with van der Waals surface area (Å²) in [4.78, 5) is 43.9. The van der Waals surface area contributed by atoms with Gasteiger partial charge in [-0.1, -0.05) is 12.1 Å². The van der Waals surface area contributed by atoms with Crippen LogP contribution < -0.4 is 16.4 Å². The highest BCUT2D eigenvalue weighted by Crippen LogP contribution is 2.54. The number of amides is 2. The third kappa shape index (κ3) is 4.16. The molecule has 2 saturated carbocycles. The molecule has 14 heteroatoms. The topological polar surface area (TPSA) is 140 Å². The Morgan fingerprint density at radius 1 is 1.12 bits per heavy atom. The molecule has 2 fully saturated rings. The van der Waals surface area contributed by atoms with Crippen molar-refractivity contribution in [3.63, 3.8) is 0 Å². The lowest BCUT2D eigenvalue weighted by atomic mass is 9.76. The van der Waals surface area contributed by atoms with E-state index < -0.39 is 34.9 Å². The lowest BCUT2D eigenvalue weighted by molar-refractivity contribution is -0.141. The third-order valence-electron chi connectivity index (χ3n) is 7.67. The molecule has 1 atom stereocenters. The first kappa shape index (κ1) is 25.4. The van der Waals surface area contributed by atoms with Crippen LogP contribution in [0.3, 0.4) is 0 Å². The maximum atomic E-state index is 13.9. The van der Waals surface area contributed by atoms with Gasteiger partial charge in [-0.15, -0.1) is 0 Å². The molecule has 3 aromatic heterocycles. The zero-order valence-corrected chi connectivity index (χ0v) is 21.3. The number of halogens is 4. The van der Waals surface area contributed by atoms with E-state index in [1.54, 1.807) is 6.07 Å². The van der Waals surface area contributed by atoms with Gasteiger partial charge in [-0.3, -0.25) is 9.59 Å². The number of carbonyl (C=O) groups is 2. The second-order valence-electron chi connectivity index (χ2n) is 10.7. The molecule has 0 radical (unpaired) electrons. The molecule has 0 saturated heterocycles. The van der Waals surface area contributed by atoms with Gasteiger partial charge in [-0.25, -0.2) is 24.3 Å². The Morgan fingerprint density at radius 3 is 2.59 bits per heavy atom. The van der Waals surface area contributed by atoms with E-state index in [2.05, 4.69) is 30.6 Å². The Balaban J connectivity index is 1.35. The Kier molecular flexibility index (Phi) is 5.37. The van der Waals surface area contributed by atoms with Gasteiger partial charge in [0.25, 0.3) is 0 Å². The predicted molar refractivity (Wildman–Crippen MR) is 137 cm³/mol. The molecule has 2 amide bonds. The van der Waals surface area contributed by atoms with Crippen LogP contribution >= 0.6 is 0 Å². The lowest BCUT2D eigenvalue weighted by Crippen LogP contribution is -2.51. The second kappa shape index (κ2) is 8.69. The van der Waals surface area contributed by atoms with Crippen LogP contribution in [0.25, 0.3) is 17.2 Å². The number of fused-ring (bicyclic) bond motifs is 2. The number of nitrogens with zero attached hydrogens (tertiary/aromatic N) is 5. The molecule has 3 aliphatic rings. The quantitative estimate of drug-likeness (QED) is 0.240. The smallest absolute Gasteiger partial charge is 0.383 e. The molecular formula is C27H22F4N8O2. The molecule has 4 aromatic rings. The van der Waals surface area contributed by atoms with Crippen LogP contribution in [-0.4, -0.2) is 42.2 Å². The molecule has 0 spiro atoms. The summed E-state index contributed by atoms with van der Waals surface area (Å²) in [6.07, 6.45) is 0.338. The van der Waals surface area contributed by atoms with Crippen molar-refractivity contribution in [2.24, 2.45) is 5.92 Å². The summed E-state index contributed by atoms with van der Waals surface area (Å²) >= 11 is 0. The molecular weight excluding hydrogens is 544 g/mol. The highest BCUT2D eigenvalue weighted by Gasteiger charge is 2.63. The van der Waals surface area contributed by atoms with E-state index in [1.807, 2.05) is 0 Å². The van der Waals surface area contributed by atoms with Crippen molar-refractivity contribution in [2.45, 2.75) is 49.7 Å². The van der Waals surface area contributed by atoms with Crippen LogP contribution in [0.1, 0.15) is 48.2 Å². The van der Waals surface area contributed by atoms with Gasteiger partial charge in [0.2, 0.25) is 11.8 Å². The molecule has 210 valence electrons. The van der Waals surface area contributed by atoms with Gasteiger partial charge in [0, 0.05) is 24.9 Å². The van der Waals surface area contributed by atoms with Crippen molar-refractivity contribution >= 4 is 29.1 Å². The first-order valence-corrected chi connectivity index (χ1v) is 13.0. The van der Waals surface area contributed by atoms with Gasteiger partial charge in [0.1, 0.15) is 23.1 Å². The summed E-state index contributed by atoms with van der Waals surface area (Å²) in [6, 6.07) is 5.62. The van der Waals surface area contributed by atoms with Gasteiger partial charge in [0.15, 0.2) is 22.6 Å². The minimum absolute atomic E-state index is 0.0144. The fourth-order valence-corrected chi connectivity index (χ4v) is 5.49. The van der Waals surface area contributed by atoms with E-state index >= 15 is 0 Å². The number of nitrogens with one attached hydrogen (secondary N) is 2. The maximum Gasteiger partial charge on any atom is 0.434 e. The minimum Gasteiger partial charge on any atom is -0.383 e. The Morgan fingerprint density at radius 2 is 1.90 bits per heavy atom. The number of hydrogen-bond acceptors (Lipinski definition) is 7. The molecule has 0 bridgehead atoms. The predicted octanol–water partition coefficient (Wildman–Crippen LogP) is 3.40. The number of benzene rings is 1. The normalized spacial score (nSPS) is 20.2. The van der Waals surface area contributed by atoms with Gasteiger partial charge >= 0.3 is 6.18 Å². The highest BCUT2D eigenvalue weighted by atomic mass is 19.4. The van der Waals surface area contributed by atoms with E-state index in [4.69, 9.17) is 5.73 Å². The van der Waals surface area contributed by atoms with E-state index in [1.165, 1.54) is 24.4 Å². The molecule has 7 rings (SSSR count). The SMILES string of the molecule is Nc1nc(-c2cn3cc(C(F)(F)F)nc3c(Cc3cccc(F)c3)n2)nc2c1C(C(=O)NC1CC1)(C1CC1)C(=O)N2. The monoisotopic (exact) mass is 566 g/mol. The van der Waals surface area contributed by atoms with Crippen molar-refractivity contribution in [3.05, 3.63) is 65.0 Å². The molecule has 41 heavy (non-hydrogen) atoms. The number of rotatable bonds is 6. The summed E-state index contributed by atoms with van der Waals surface area (Å²) in [6.45, 7) is 0. The van der Waals surface area contributed by atoms with E-state index in [-0.39, 0.29) is 58.4 Å². The average molecular weight is 567 g/mol. The number of carbonyl (C=O) groups excluding carboxylic acids is 2. The van der Waals surface area contributed by atoms with Gasteiger partial charge in [-0.2, -0.15) is 13.2 Å². The van der Waals surface area contributed by atoms with Crippen molar-refractivity contribution < 1.29 is 27.2 Å². The molecule has 2 aliphatic carbocycles. The summed E-state index contributed by atoms with van der Waals surface area (Å²) < 4.78 is 55.6. The fraction of sp³-hybridized carbons (Fsp3) is 0.333. The molecule has 1 unspecified atom stereocenters. The first-order valence-electron chi connectivity index (χ1n) is 13.0. The Hall–Kier alpha value is -4.62. The molecule has 1 aliphatic heterocycles. The number of nitrogen functional groups attached to an aromatic ring is 1. The maximum absolute atomic E-state index is 13.9. The third-order valence-corrected chi connectivity index (χ3v) is 7.67. The summed E-state index contributed by atoms with van der Waals surface area (Å²) in [7, 11) is 0. The van der Waals surface area contributed by atoms with Crippen LogP contribution in [0.15, 0.2) is 36.7 Å². The average Bonchev–Trinajstić information content (AvgIpc) is 3.83. The van der Waals surface area contributed by atoms with Crippen molar-refractivity contribution in [1.82, 2.24) is 29.7 Å².